The molecule has 2 aromatic heterocycles. The first-order valence-corrected chi connectivity index (χ1v) is 10.1. The van der Waals surface area contributed by atoms with Crippen LogP contribution in [-0.2, 0) is 6.42 Å². The molecule has 0 radical (unpaired) electrons. The minimum absolute atomic E-state index is 0.0579. The number of nitrogens with zero attached hydrogens (tertiary/aromatic N) is 3. The van der Waals surface area contributed by atoms with E-state index in [0.29, 0.717) is 18.2 Å². The number of furan rings is 1. The van der Waals surface area contributed by atoms with Crippen LogP contribution >= 0.6 is 0 Å². The van der Waals surface area contributed by atoms with Gasteiger partial charge >= 0.3 is 6.03 Å². The number of urea groups is 1. The number of aryl methyl sites for hydroxylation is 1. The summed E-state index contributed by atoms with van der Waals surface area (Å²) >= 11 is 0. The molecular formula is C23H25N5O2. The Morgan fingerprint density at radius 3 is 2.80 bits per heavy atom. The van der Waals surface area contributed by atoms with Crippen LogP contribution in [0, 0.1) is 0 Å². The van der Waals surface area contributed by atoms with Gasteiger partial charge in [0.15, 0.2) is 5.82 Å². The Bertz CT molecular complexity index is 1000. The van der Waals surface area contributed by atoms with Crippen molar-refractivity contribution in [3.8, 4) is 0 Å². The molecule has 30 heavy (non-hydrogen) atoms. The van der Waals surface area contributed by atoms with Crippen LogP contribution < -0.4 is 15.5 Å². The van der Waals surface area contributed by atoms with Crippen LogP contribution in [0.25, 0.3) is 0 Å². The van der Waals surface area contributed by atoms with Crippen molar-refractivity contribution in [2.24, 2.45) is 4.99 Å². The normalized spacial score (nSPS) is 15.0. The smallest absolute Gasteiger partial charge is 0.320 e. The van der Waals surface area contributed by atoms with Crippen molar-refractivity contribution in [1.29, 1.82) is 0 Å². The van der Waals surface area contributed by atoms with Crippen molar-refractivity contribution < 1.29 is 9.21 Å². The zero-order chi connectivity index (χ0) is 20.8. The number of rotatable bonds is 7. The fourth-order valence-corrected chi connectivity index (χ4v) is 3.47. The van der Waals surface area contributed by atoms with E-state index >= 15 is 0 Å². The van der Waals surface area contributed by atoms with E-state index in [4.69, 9.17) is 4.42 Å². The highest BCUT2D eigenvalue weighted by Gasteiger charge is 2.24. The number of aromatic nitrogens is 1. The highest BCUT2D eigenvalue weighted by Crippen LogP contribution is 2.36. The Balaban J connectivity index is 1.28. The van der Waals surface area contributed by atoms with E-state index in [1.54, 1.807) is 18.6 Å². The lowest BCUT2D eigenvalue weighted by Gasteiger charge is -2.29. The molecule has 1 aromatic carbocycles. The Morgan fingerprint density at radius 1 is 1.13 bits per heavy atom. The Kier molecular flexibility index (Phi) is 6.08. The second-order valence-corrected chi connectivity index (χ2v) is 7.25. The molecule has 3 heterocycles. The molecule has 0 spiro atoms. The van der Waals surface area contributed by atoms with Crippen LogP contribution in [0.5, 0.6) is 0 Å². The number of hydrogen-bond acceptors (Lipinski definition) is 5. The first kappa shape index (κ1) is 19.7. The standard InChI is InChI=1S/C23H25N5O2/c1-28-20(18-12-14-30-16-18)15-25-19-10-11-21(26-22(19)28)27-23(29)24-13-6-5-9-17-7-3-2-4-8-17/h2-4,7-8,10-12,14-16,20H,5-6,9,13H2,1H3,(H2,24,26,27,29). The number of aliphatic imine (C=N–C) groups is 1. The molecule has 7 heteroatoms. The van der Waals surface area contributed by atoms with Gasteiger partial charge in [0.05, 0.1) is 18.6 Å². The number of hydrogen-bond donors (Lipinski definition) is 2. The molecule has 154 valence electrons. The molecule has 3 aromatic rings. The van der Waals surface area contributed by atoms with Gasteiger partial charge in [0.2, 0.25) is 0 Å². The third kappa shape index (κ3) is 4.68. The van der Waals surface area contributed by atoms with Crippen LogP contribution in [0.1, 0.15) is 30.0 Å². The third-order valence-electron chi connectivity index (χ3n) is 5.11. The van der Waals surface area contributed by atoms with E-state index in [2.05, 4.69) is 32.7 Å². The number of fused-ring (bicyclic) bond motifs is 1. The van der Waals surface area contributed by atoms with Crippen LogP contribution in [0.4, 0.5) is 22.1 Å². The van der Waals surface area contributed by atoms with E-state index in [1.165, 1.54) is 5.56 Å². The maximum atomic E-state index is 12.2. The number of benzene rings is 1. The number of unbranched alkanes of at least 4 members (excludes halogenated alkanes) is 1. The Hall–Kier alpha value is -3.61. The lowest BCUT2D eigenvalue weighted by atomic mass is 10.1. The summed E-state index contributed by atoms with van der Waals surface area (Å²) in [5.41, 5.74) is 3.09. The van der Waals surface area contributed by atoms with Crippen molar-refractivity contribution in [3.05, 3.63) is 72.2 Å². The summed E-state index contributed by atoms with van der Waals surface area (Å²) in [5, 5.41) is 5.71. The zero-order valence-electron chi connectivity index (χ0n) is 16.9. The second kappa shape index (κ2) is 9.26. The quantitative estimate of drug-likeness (QED) is 0.560. The summed E-state index contributed by atoms with van der Waals surface area (Å²) in [6.07, 6.45) is 8.17. The lowest BCUT2D eigenvalue weighted by Crippen LogP contribution is -2.31. The minimum atomic E-state index is -0.254. The first-order chi connectivity index (χ1) is 14.7. The summed E-state index contributed by atoms with van der Waals surface area (Å²) in [4.78, 5) is 23.3. The monoisotopic (exact) mass is 403 g/mol. The van der Waals surface area contributed by atoms with Gasteiger partial charge in [-0.25, -0.2) is 9.78 Å². The average Bonchev–Trinajstić information content (AvgIpc) is 3.29. The molecular weight excluding hydrogens is 378 g/mol. The topological polar surface area (TPSA) is 82.8 Å². The molecule has 7 nitrogen and oxygen atoms in total. The largest absolute Gasteiger partial charge is 0.472 e. The van der Waals surface area contributed by atoms with Gasteiger partial charge in [-0.05, 0) is 43.0 Å². The summed E-state index contributed by atoms with van der Waals surface area (Å²) < 4.78 is 5.19. The van der Waals surface area contributed by atoms with Crippen molar-refractivity contribution >= 4 is 29.6 Å². The predicted molar refractivity (Wildman–Crippen MR) is 119 cm³/mol. The number of carbonyl (C=O) groups excluding carboxylic acids is 1. The maximum Gasteiger partial charge on any atom is 0.320 e. The van der Waals surface area contributed by atoms with Crippen molar-refractivity contribution in [1.82, 2.24) is 10.3 Å². The van der Waals surface area contributed by atoms with E-state index < -0.39 is 0 Å². The SMILES string of the molecule is CN1c2nc(NC(=O)NCCCCc3ccccc3)ccc2N=CC1c1ccoc1. The number of amides is 2. The molecule has 2 amide bonds. The number of carbonyl (C=O) groups is 1. The summed E-state index contributed by atoms with van der Waals surface area (Å²) in [7, 11) is 1.95. The Morgan fingerprint density at radius 2 is 2.00 bits per heavy atom. The van der Waals surface area contributed by atoms with Gasteiger partial charge in [-0.2, -0.15) is 0 Å². The van der Waals surface area contributed by atoms with Crippen molar-refractivity contribution in [2.75, 3.05) is 23.8 Å². The molecule has 1 aliphatic rings. The van der Waals surface area contributed by atoms with Gasteiger partial charge in [-0.1, -0.05) is 30.3 Å². The maximum absolute atomic E-state index is 12.2. The minimum Gasteiger partial charge on any atom is -0.472 e. The van der Waals surface area contributed by atoms with Gasteiger partial charge in [-0.15, -0.1) is 0 Å². The number of pyridine rings is 1. The van der Waals surface area contributed by atoms with Crippen LogP contribution in [0.2, 0.25) is 0 Å². The highest BCUT2D eigenvalue weighted by atomic mass is 16.3. The van der Waals surface area contributed by atoms with E-state index in [0.717, 1.165) is 30.5 Å². The van der Waals surface area contributed by atoms with Gasteiger partial charge < -0.3 is 14.6 Å². The molecule has 2 N–H and O–H groups in total. The van der Waals surface area contributed by atoms with E-state index in [-0.39, 0.29) is 12.1 Å². The molecule has 0 fully saturated rings. The third-order valence-corrected chi connectivity index (χ3v) is 5.11. The second-order valence-electron chi connectivity index (χ2n) is 7.25. The number of anilines is 2. The summed E-state index contributed by atoms with van der Waals surface area (Å²) in [5.74, 6) is 1.20. The van der Waals surface area contributed by atoms with E-state index in [1.807, 2.05) is 48.5 Å². The average molecular weight is 403 g/mol. The Labute approximate surface area is 175 Å². The molecule has 0 saturated heterocycles. The zero-order valence-corrected chi connectivity index (χ0v) is 16.9. The summed E-state index contributed by atoms with van der Waals surface area (Å²) in [6.45, 7) is 0.621. The summed E-state index contributed by atoms with van der Waals surface area (Å²) in [6, 6.07) is 15.6. The predicted octanol–water partition coefficient (Wildman–Crippen LogP) is 4.71. The molecule has 0 saturated carbocycles. The van der Waals surface area contributed by atoms with Gasteiger partial charge in [0.25, 0.3) is 0 Å². The lowest BCUT2D eigenvalue weighted by molar-refractivity contribution is 0.252. The fraction of sp³-hybridized carbons (Fsp3) is 0.261. The van der Waals surface area contributed by atoms with Crippen LogP contribution in [0.15, 0.2) is 70.5 Å². The van der Waals surface area contributed by atoms with Gasteiger partial charge in [0.1, 0.15) is 11.5 Å². The first-order valence-electron chi connectivity index (χ1n) is 10.1. The number of nitrogens with one attached hydrogen (secondary N) is 2. The molecule has 1 unspecified atom stereocenters. The van der Waals surface area contributed by atoms with E-state index in [9.17, 15) is 4.79 Å². The van der Waals surface area contributed by atoms with Crippen LogP contribution in [0.3, 0.4) is 0 Å². The fourth-order valence-electron chi connectivity index (χ4n) is 3.47. The van der Waals surface area contributed by atoms with Crippen molar-refractivity contribution in [2.45, 2.75) is 25.3 Å². The van der Waals surface area contributed by atoms with Gasteiger partial charge in [0, 0.05) is 25.4 Å². The molecule has 4 rings (SSSR count). The molecule has 0 aliphatic carbocycles. The highest BCUT2D eigenvalue weighted by molar-refractivity contribution is 5.90. The molecule has 1 aliphatic heterocycles. The molecule has 1 atom stereocenters. The van der Waals surface area contributed by atoms with Gasteiger partial charge in [-0.3, -0.25) is 10.3 Å². The molecule has 0 bridgehead atoms. The van der Waals surface area contributed by atoms with Crippen LogP contribution in [-0.4, -0.2) is 30.8 Å². The van der Waals surface area contributed by atoms with Crippen molar-refractivity contribution in [3.63, 3.8) is 0 Å².